The van der Waals surface area contributed by atoms with Crippen LogP contribution in [0, 0.1) is 6.92 Å². The molecule has 0 aliphatic carbocycles. The molecule has 2 aliphatic heterocycles. The summed E-state index contributed by atoms with van der Waals surface area (Å²) >= 11 is 0. The molecule has 4 rings (SSSR count). The third-order valence-electron chi connectivity index (χ3n) is 5.19. The van der Waals surface area contributed by atoms with Crippen LogP contribution >= 0.6 is 0 Å². The van der Waals surface area contributed by atoms with E-state index in [0.717, 1.165) is 49.7 Å². The number of aromatic nitrogens is 1. The Morgan fingerprint density at radius 2 is 1.96 bits per heavy atom. The maximum atomic E-state index is 12.9. The lowest BCUT2D eigenvalue weighted by atomic mass is 10.1. The van der Waals surface area contributed by atoms with E-state index in [9.17, 15) is 9.59 Å². The van der Waals surface area contributed by atoms with Gasteiger partial charge in [-0.25, -0.2) is 0 Å². The van der Waals surface area contributed by atoms with Gasteiger partial charge in [0.1, 0.15) is 0 Å². The fourth-order valence-corrected chi connectivity index (χ4v) is 3.73. The topological polar surface area (TPSA) is 69.9 Å². The average Bonchev–Trinajstić information content (AvgIpc) is 3.30. The molecular formula is C20H24N4O3. The zero-order valence-corrected chi connectivity index (χ0v) is 15.6. The van der Waals surface area contributed by atoms with Crippen LogP contribution in [0.2, 0.25) is 0 Å². The lowest BCUT2D eigenvalue weighted by Crippen LogP contribution is -2.48. The molecule has 0 spiro atoms. The Kier molecular flexibility index (Phi) is 4.94. The Morgan fingerprint density at radius 3 is 2.63 bits per heavy atom. The zero-order chi connectivity index (χ0) is 18.8. The normalized spacial score (nSPS) is 18.3. The first-order chi connectivity index (χ1) is 13.1. The van der Waals surface area contributed by atoms with Crippen LogP contribution in [0.4, 0.5) is 5.69 Å². The summed E-state index contributed by atoms with van der Waals surface area (Å²) in [5, 5.41) is 3.92. The summed E-state index contributed by atoms with van der Waals surface area (Å²) in [7, 11) is 0. The first kappa shape index (κ1) is 17.7. The van der Waals surface area contributed by atoms with E-state index in [4.69, 9.17) is 4.52 Å². The predicted molar refractivity (Wildman–Crippen MR) is 100 cm³/mol. The molecule has 1 aromatic carbocycles. The first-order valence-electron chi connectivity index (χ1n) is 9.44. The lowest BCUT2D eigenvalue weighted by Gasteiger charge is -2.34. The van der Waals surface area contributed by atoms with E-state index in [1.54, 1.807) is 4.90 Å². The Morgan fingerprint density at radius 1 is 1.15 bits per heavy atom. The summed E-state index contributed by atoms with van der Waals surface area (Å²) < 4.78 is 5.28. The predicted octanol–water partition coefficient (Wildman–Crippen LogP) is 2.07. The van der Waals surface area contributed by atoms with E-state index in [2.05, 4.69) is 10.1 Å². The minimum atomic E-state index is 0.0265. The van der Waals surface area contributed by atoms with Crippen LogP contribution in [0.5, 0.6) is 0 Å². The van der Waals surface area contributed by atoms with Crippen LogP contribution < -0.4 is 4.90 Å². The number of nitrogens with zero attached hydrogens (tertiary/aromatic N) is 4. The number of carbonyl (C=O) groups is 2. The molecule has 142 valence electrons. The van der Waals surface area contributed by atoms with Crippen LogP contribution in [0.1, 0.15) is 34.7 Å². The molecule has 7 nitrogen and oxygen atoms in total. The second-order valence-electron chi connectivity index (χ2n) is 7.20. The van der Waals surface area contributed by atoms with E-state index in [0.29, 0.717) is 25.1 Å². The number of anilines is 1. The molecule has 0 bridgehead atoms. The number of benzene rings is 1. The van der Waals surface area contributed by atoms with Crippen molar-refractivity contribution in [1.82, 2.24) is 15.0 Å². The van der Waals surface area contributed by atoms with Gasteiger partial charge >= 0.3 is 0 Å². The van der Waals surface area contributed by atoms with Gasteiger partial charge in [0.15, 0.2) is 5.76 Å². The highest BCUT2D eigenvalue weighted by molar-refractivity contribution is 5.99. The van der Waals surface area contributed by atoms with Gasteiger partial charge in [0.25, 0.3) is 5.91 Å². The third-order valence-corrected chi connectivity index (χ3v) is 5.19. The van der Waals surface area contributed by atoms with Crippen LogP contribution in [0.15, 0.2) is 34.9 Å². The lowest BCUT2D eigenvalue weighted by molar-refractivity contribution is -0.117. The number of aryl methyl sites for hydroxylation is 1. The zero-order valence-electron chi connectivity index (χ0n) is 15.6. The minimum absolute atomic E-state index is 0.0265. The van der Waals surface area contributed by atoms with Crippen molar-refractivity contribution in [2.75, 3.05) is 37.6 Å². The van der Waals surface area contributed by atoms with Gasteiger partial charge in [-0.15, -0.1) is 0 Å². The van der Waals surface area contributed by atoms with E-state index in [1.807, 2.05) is 42.2 Å². The Hall–Kier alpha value is -2.67. The fourth-order valence-electron chi connectivity index (χ4n) is 3.73. The average molecular weight is 368 g/mol. The second kappa shape index (κ2) is 7.52. The summed E-state index contributed by atoms with van der Waals surface area (Å²) in [5.74, 6) is 1.02. The first-order valence-corrected chi connectivity index (χ1v) is 9.44. The molecule has 3 heterocycles. The standard InChI is InChI=1S/C20H24N4O3/c1-15-12-18(27-21-15)14-22-8-10-23(11-9-22)20(26)16-4-2-5-17(13-16)24-7-3-6-19(24)25/h2,4-5,12-13H,3,6-11,14H2,1H3. The molecule has 2 amide bonds. The van der Waals surface area contributed by atoms with Crippen molar-refractivity contribution in [3.05, 3.63) is 47.3 Å². The summed E-state index contributed by atoms with van der Waals surface area (Å²) in [6.45, 7) is 6.32. The SMILES string of the molecule is Cc1cc(CN2CCN(C(=O)c3cccc(N4CCCC4=O)c3)CC2)on1. The van der Waals surface area contributed by atoms with Gasteiger partial charge < -0.3 is 14.3 Å². The molecule has 0 atom stereocenters. The highest BCUT2D eigenvalue weighted by atomic mass is 16.5. The van der Waals surface area contributed by atoms with E-state index in [1.165, 1.54) is 0 Å². The van der Waals surface area contributed by atoms with Gasteiger partial charge in [0.05, 0.1) is 12.2 Å². The van der Waals surface area contributed by atoms with E-state index >= 15 is 0 Å². The number of hydrogen-bond donors (Lipinski definition) is 0. The fraction of sp³-hybridized carbons (Fsp3) is 0.450. The van der Waals surface area contributed by atoms with Gasteiger partial charge in [-0.05, 0) is 31.5 Å². The molecule has 27 heavy (non-hydrogen) atoms. The van der Waals surface area contributed by atoms with Crippen molar-refractivity contribution in [3.8, 4) is 0 Å². The molecule has 0 unspecified atom stereocenters. The molecule has 2 aliphatic rings. The molecule has 2 saturated heterocycles. The maximum absolute atomic E-state index is 12.9. The van der Waals surface area contributed by atoms with Crippen molar-refractivity contribution in [2.24, 2.45) is 0 Å². The third kappa shape index (κ3) is 3.88. The van der Waals surface area contributed by atoms with Crippen LogP contribution in [0.3, 0.4) is 0 Å². The minimum Gasteiger partial charge on any atom is -0.360 e. The molecular weight excluding hydrogens is 344 g/mol. The van der Waals surface area contributed by atoms with Gasteiger partial charge in [-0.1, -0.05) is 11.2 Å². The Balaban J connectivity index is 1.37. The summed E-state index contributed by atoms with van der Waals surface area (Å²) in [6, 6.07) is 9.38. The van der Waals surface area contributed by atoms with Crippen LogP contribution in [0.25, 0.3) is 0 Å². The van der Waals surface area contributed by atoms with E-state index < -0.39 is 0 Å². The number of rotatable bonds is 4. The Labute approximate surface area is 158 Å². The van der Waals surface area contributed by atoms with Gasteiger partial charge in [0, 0.05) is 56.5 Å². The molecule has 0 saturated carbocycles. The quantitative estimate of drug-likeness (QED) is 0.826. The van der Waals surface area contributed by atoms with Gasteiger partial charge in [-0.3, -0.25) is 14.5 Å². The number of amides is 2. The van der Waals surface area contributed by atoms with Crippen molar-refractivity contribution < 1.29 is 14.1 Å². The van der Waals surface area contributed by atoms with Crippen molar-refractivity contribution >= 4 is 17.5 Å². The molecule has 0 radical (unpaired) electrons. The van der Waals surface area contributed by atoms with E-state index in [-0.39, 0.29) is 11.8 Å². The van der Waals surface area contributed by atoms with Gasteiger partial charge in [0.2, 0.25) is 5.91 Å². The molecule has 1 aromatic heterocycles. The molecule has 7 heteroatoms. The van der Waals surface area contributed by atoms with Gasteiger partial charge in [-0.2, -0.15) is 0 Å². The highest BCUT2D eigenvalue weighted by Crippen LogP contribution is 2.23. The summed E-state index contributed by atoms with van der Waals surface area (Å²) in [4.78, 5) is 30.8. The van der Waals surface area contributed by atoms with Crippen molar-refractivity contribution in [3.63, 3.8) is 0 Å². The number of carbonyl (C=O) groups excluding carboxylic acids is 2. The van der Waals surface area contributed by atoms with Crippen LogP contribution in [-0.2, 0) is 11.3 Å². The van der Waals surface area contributed by atoms with Crippen molar-refractivity contribution in [1.29, 1.82) is 0 Å². The molecule has 2 aromatic rings. The Bertz CT molecular complexity index is 839. The maximum Gasteiger partial charge on any atom is 0.254 e. The van der Waals surface area contributed by atoms with Crippen LogP contribution in [-0.4, -0.2) is 59.5 Å². The smallest absolute Gasteiger partial charge is 0.254 e. The second-order valence-corrected chi connectivity index (χ2v) is 7.20. The van der Waals surface area contributed by atoms with Crippen molar-refractivity contribution in [2.45, 2.75) is 26.3 Å². The largest absolute Gasteiger partial charge is 0.360 e. The highest BCUT2D eigenvalue weighted by Gasteiger charge is 2.25. The number of hydrogen-bond acceptors (Lipinski definition) is 5. The summed E-state index contributed by atoms with van der Waals surface area (Å²) in [6.07, 6.45) is 1.47. The summed E-state index contributed by atoms with van der Waals surface area (Å²) in [5.41, 5.74) is 2.35. The molecule has 0 N–H and O–H groups in total. The monoisotopic (exact) mass is 368 g/mol. The number of piperazine rings is 1. The molecule has 2 fully saturated rings.